The lowest BCUT2D eigenvalue weighted by Gasteiger charge is -2.13. The lowest BCUT2D eigenvalue weighted by molar-refractivity contribution is 0.0869. The smallest absolute Gasteiger partial charge is 0.181 e. The van der Waals surface area contributed by atoms with Crippen LogP contribution in [0.3, 0.4) is 0 Å². The number of nitrogens with zero attached hydrogens (tertiary/aromatic N) is 4. The minimum Gasteiger partial charge on any atom is -0.475 e. The molecule has 0 radical (unpaired) electrons. The van der Waals surface area contributed by atoms with Crippen molar-refractivity contribution in [1.29, 1.82) is 0 Å². The molecule has 1 aliphatic rings. The molecule has 6 heteroatoms. The van der Waals surface area contributed by atoms with E-state index in [9.17, 15) is 0 Å². The van der Waals surface area contributed by atoms with Gasteiger partial charge in [-0.25, -0.2) is 15.0 Å². The van der Waals surface area contributed by atoms with Crippen LogP contribution >= 0.6 is 0 Å². The molecule has 0 saturated carbocycles. The van der Waals surface area contributed by atoms with E-state index in [0.29, 0.717) is 17.0 Å². The van der Waals surface area contributed by atoms with Gasteiger partial charge in [-0.2, -0.15) is 0 Å². The highest BCUT2D eigenvalue weighted by Crippen LogP contribution is 2.28. The topological polar surface area (TPSA) is 78.9 Å². The van der Waals surface area contributed by atoms with E-state index in [0.717, 1.165) is 12.2 Å². The van der Waals surface area contributed by atoms with Crippen LogP contribution in [0.1, 0.15) is 19.6 Å². The zero-order valence-corrected chi connectivity index (χ0v) is 8.79. The molecule has 0 unspecified atom stereocenters. The van der Waals surface area contributed by atoms with Crippen molar-refractivity contribution >= 4 is 17.0 Å². The number of hydrogen-bond donors (Lipinski definition) is 1. The highest BCUT2D eigenvalue weighted by atomic mass is 16.5. The van der Waals surface area contributed by atoms with Gasteiger partial charge in [-0.15, -0.1) is 0 Å². The molecule has 82 valence electrons. The Kier molecular flexibility index (Phi) is 1.82. The van der Waals surface area contributed by atoms with E-state index in [1.807, 2.05) is 17.6 Å². The largest absolute Gasteiger partial charge is 0.475 e. The minimum absolute atomic E-state index is 0.0701. The first-order chi connectivity index (χ1) is 7.75. The number of aromatic nitrogens is 4. The summed E-state index contributed by atoms with van der Waals surface area (Å²) in [6.45, 7) is 1.93. The lowest BCUT2D eigenvalue weighted by atomic mass is 10.4. The van der Waals surface area contributed by atoms with Gasteiger partial charge in [0.15, 0.2) is 17.7 Å². The van der Waals surface area contributed by atoms with E-state index in [1.165, 1.54) is 6.33 Å². The SMILES string of the molecule is CC1=CC[C@H](n2cnc3c(N)ncnc32)O1. The van der Waals surface area contributed by atoms with Crippen molar-refractivity contribution in [3.05, 3.63) is 24.5 Å². The summed E-state index contributed by atoms with van der Waals surface area (Å²) >= 11 is 0. The molecule has 16 heavy (non-hydrogen) atoms. The summed E-state index contributed by atoms with van der Waals surface area (Å²) in [6, 6.07) is 0. The Labute approximate surface area is 91.8 Å². The molecule has 3 rings (SSSR count). The van der Waals surface area contributed by atoms with Crippen molar-refractivity contribution in [1.82, 2.24) is 19.5 Å². The molecule has 0 aliphatic carbocycles. The van der Waals surface area contributed by atoms with E-state index in [-0.39, 0.29) is 6.23 Å². The highest BCUT2D eigenvalue weighted by Gasteiger charge is 2.20. The summed E-state index contributed by atoms with van der Waals surface area (Å²) in [5.74, 6) is 1.32. The van der Waals surface area contributed by atoms with Gasteiger partial charge in [-0.05, 0) is 13.0 Å². The summed E-state index contributed by atoms with van der Waals surface area (Å²) in [5, 5.41) is 0. The Morgan fingerprint density at radius 2 is 2.31 bits per heavy atom. The summed E-state index contributed by atoms with van der Waals surface area (Å²) in [4.78, 5) is 12.3. The number of imidazole rings is 1. The fourth-order valence-corrected chi connectivity index (χ4v) is 1.83. The third-order valence-corrected chi connectivity index (χ3v) is 2.63. The first-order valence-electron chi connectivity index (χ1n) is 5.02. The van der Waals surface area contributed by atoms with Gasteiger partial charge >= 0.3 is 0 Å². The number of rotatable bonds is 1. The van der Waals surface area contributed by atoms with Gasteiger partial charge in [0.2, 0.25) is 0 Å². The Morgan fingerprint density at radius 3 is 3.06 bits per heavy atom. The molecule has 1 atom stereocenters. The maximum atomic E-state index is 5.71. The molecular weight excluding hydrogens is 206 g/mol. The van der Waals surface area contributed by atoms with Gasteiger partial charge in [-0.3, -0.25) is 4.57 Å². The third kappa shape index (κ3) is 1.23. The van der Waals surface area contributed by atoms with Crippen molar-refractivity contribution in [3.63, 3.8) is 0 Å². The van der Waals surface area contributed by atoms with E-state index in [1.54, 1.807) is 6.33 Å². The molecule has 2 aromatic rings. The number of hydrogen-bond acceptors (Lipinski definition) is 5. The maximum Gasteiger partial charge on any atom is 0.181 e. The monoisotopic (exact) mass is 217 g/mol. The van der Waals surface area contributed by atoms with Crippen molar-refractivity contribution in [2.24, 2.45) is 0 Å². The van der Waals surface area contributed by atoms with Crippen LogP contribution in [0.15, 0.2) is 24.5 Å². The molecule has 0 bridgehead atoms. The Morgan fingerprint density at radius 1 is 1.44 bits per heavy atom. The molecule has 0 saturated heterocycles. The zero-order chi connectivity index (χ0) is 11.1. The minimum atomic E-state index is -0.0701. The van der Waals surface area contributed by atoms with E-state index >= 15 is 0 Å². The van der Waals surface area contributed by atoms with Crippen molar-refractivity contribution in [3.8, 4) is 0 Å². The van der Waals surface area contributed by atoms with Gasteiger partial charge in [-0.1, -0.05) is 0 Å². The molecule has 2 aromatic heterocycles. The van der Waals surface area contributed by atoms with Crippen LogP contribution < -0.4 is 5.73 Å². The van der Waals surface area contributed by atoms with Crippen LogP contribution in [-0.4, -0.2) is 19.5 Å². The van der Waals surface area contributed by atoms with Crippen LogP contribution in [-0.2, 0) is 4.74 Å². The quantitative estimate of drug-likeness (QED) is 0.777. The molecule has 0 fully saturated rings. The van der Waals surface area contributed by atoms with E-state index in [4.69, 9.17) is 10.5 Å². The zero-order valence-electron chi connectivity index (χ0n) is 8.79. The lowest BCUT2D eigenvalue weighted by Crippen LogP contribution is -2.07. The average Bonchev–Trinajstić information content (AvgIpc) is 2.84. The van der Waals surface area contributed by atoms with Crippen molar-refractivity contribution < 1.29 is 4.74 Å². The highest BCUT2D eigenvalue weighted by molar-refractivity contribution is 5.81. The average molecular weight is 217 g/mol. The van der Waals surface area contributed by atoms with E-state index < -0.39 is 0 Å². The second kappa shape index (κ2) is 3.19. The number of anilines is 1. The van der Waals surface area contributed by atoms with Crippen LogP contribution in [0.2, 0.25) is 0 Å². The number of nitrogen functional groups attached to an aromatic ring is 1. The molecule has 2 N–H and O–H groups in total. The number of ether oxygens (including phenoxy) is 1. The molecule has 6 nitrogen and oxygen atoms in total. The Balaban J connectivity index is 2.09. The molecular formula is C10H11N5O. The molecule has 1 aliphatic heterocycles. The summed E-state index contributed by atoms with van der Waals surface area (Å²) in [7, 11) is 0. The Hall–Kier alpha value is -2.11. The van der Waals surface area contributed by atoms with Gasteiger partial charge in [0.05, 0.1) is 5.76 Å². The first kappa shape index (κ1) is 9.14. The fraction of sp³-hybridized carbons (Fsp3) is 0.300. The third-order valence-electron chi connectivity index (χ3n) is 2.63. The van der Waals surface area contributed by atoms with Crippen LogP contribution in [0.25, 0.3) is 11.2 Å². The standard InChI is InChI=1S/C10H11N5O/c1-6-2-3-7(16-6)15-5-14-8-9(11)12-4-13-10(8)15/h2,4-5,7H,3H2,1H3,(H2,11,12,13)/t7-/m1/s1. The number of allylic oxidation sites excluding steroid dienone is 1. The second-order valence-electron chi connectivity index (χ2n) is 3.71. The summed E-state index contributed by atoms with van der Waals surface area (Å²) in [5.41, 5.74) is 7.04. The molecule has 0 amide bonds. The maximum absolute atomic E-state index is 5.71. The Bertz CT molecular complexity index is 574. The normalized spacial score (nSPS) is 19.8. The van der Waals surface area contributed by atoms with Crippen molar-refractivity contribution in [2.45, 2.75) is 19.6 Å². The number of nitrogens with two attached hydrogens (primary N) is 1. The molecule has 0 aromatic carbocycles. The fourth-order valence-electron chi connectivity index (χ4n) is 1.83. The van der Waals surface area contributed by atoms with Crippen molar-refractivity contribution in [2.75, 3.05) is 5.73 Å². The number of fused-ring (bicyclic) bond motifs is 1. The van der Waals surface area contributed by atoms with Gasteiger partial charge in [0.1, 0.15) is 18.2 Å². The molecule has 3 heterocycles. The predicted molar refractivity (Wildman–Crippen MR) is 58.2 cm³/mol. The first-order valence-corrected chi connectivity index (χ1v) is 5.02. The van der Waals surface area contributed by atoms with Gasteiger partial charge < -0.3 is 10.5 Å². The van der Waals surface area contributed by atoms with E-state index in [2.05, 4.69) is 15.0 Å². The van der Waals surface area contributed by atoms with Crippen LogP contribution in [0.5, 0.6) is 0 Å². The summed E-state index contributed by atoms with van der Waals surface area (Å²) in [6.07, 6.45) is 5.92. The summed E-state index contributed by atoms with van der Waals surface area (Å²) < 4.78 is 7.51. The second-order valence-corrected chi connectivity index (χ2v) is 3.71. The van der Waals surface area contributed by atoms with Gasteiger partial charge in [0.25, 0.3) is 0 Å². The predicted octanol–water partition coefficient (Wildman–Crippen LogP) is 1.23. The van der Waals surface area contributed by atoms with Gasteiger partial charge in [0, 0.05) is 6.42 Å². The van der Waals surface area contributed by atoms with Crippen LogP contribution in [0, 0.1) is 0 Å². The van der Waals surface area contributed by atoms with Crippen LogP contribution in [0.4, 0.5) is 5.82 Å². The molecule has 0 spiro atoms.